The largest absolute Gasteiger partial charge is 0.303 e. The molecule has 1 nitrogen and oxygen atoms in total. The maximum absolute atomic E-state index is 10.9. The molecule has 0 fully saturated rings. The third-order valence-corrected chi connectivity index (χ3v) is 3.29. The number of carbonyl (C=O) groups is 1. The monoisotopic (exact) mass is 212 g/mol. The minimum Gasteiger partial charge on any atom is -0.303 e. The van der Waals surface area contributed by atoms with Crippen LogP contribution in [0.15, 0.2) is 0 Å². The molecule has 1 heteroatoms. The Morgan fingerprint density at radius 3 is 2.13 bits per heavy atom. The first kappa shape index (κ1) is 14.7. The maximum atomic E-state index is 10.9. The summed E-state index contributed by atoms with van der Waals surface area (Å²) in [4.78, 5) is 10.9. The van der Waals surface area contributed by atoms with Gasteiger partial charge in [0.25, 0.3) is 0 Å². The van der Waals surface area contributed by atoms with Crippen molar-refractivity contribution in [2.75, 3.05) is 0 Å². The average molecular weight is 212 g/mol. The van der Waals surface area contributed by atoms with Crippen LogP contribution in [0.2, 0.25) is 0 Å². The van der Waals surface area contributed by atoms with E-state index < -0.39 is 0 Å². The van der Waals surface area contributed by atoms with Crippen LogP contribution in [0.1, 0.15) is 72.1 Å². The number of hydrogen-bond acceptors (Lipinski definition) is 1. The van der Waals surface area contributed by atoms with E-state index in [2.05, 4.69) is 20.8 Å². The van der Waals surface area contributed by atoms with Crippen LogP contribution >= 0.6 is 0 Å². The molecule has 2 atom stereocenters. The van der Waals surface area contributed by atoms with E-state index in [0.717, 1.165) is 6.42 Å². The van der Waals surface area contributed by atoms with Gasteiger partial charge in [-0.05, 0) is 12.3 Å². The van der Waals surface area contributed by atoms with Crippen LogP contribution in [0.5, 0.6) is 0 Å². The van der Waals surface area contributed by atoms with Crippen molar-refractivity contribution in [2.45, 2.75) is 72.1 Å². The molecule has 0 spiro atoms. The Kier molecular flexibility index (Phi) is 9.97. The van der Waals surface area contributed by atoms with Crippen molar-refractivity contribution < 1.29 is 4.79 Å². The van der Waals surface area contributed by atoms with E-state index >= 15 is 0 Å². The molecule has 0 aromatic heterocycles. The first-order chi connectivity index (χ1) is 7.26. The van der Waals surface area contributed by atoms with E-state index in [4.69, 9.17) is 0 Å². The van der Waals surface area contributed by atoms with Gasteiger partial charge in [-0.3, -0.25) is 0 Å². The summed E-state index contributed by atoms with van der Waals surface area (Å²) < 4.78 is 0. The van der Waals surface area contributed by atoms with Crippen molar-refractivity contribution in [2.24, 2.45) is 11.8 Å². The van der Waals surface area contributed by atoms with E-state index in [1.165, 1.54) is 51.2 Å². The number of rotatable bonds is 10. The number of unbranched alkanes of at least 4 members (excludes halogenated alkanes) is 4. The second kappa shape index (κ2) is 10.2. The van der Waals surface area contributed by atoms with E-state index in [1.807, 2.05) is 0 Å². The highest BCUT2D eigenvalue weighted by molar-refractivity contribution is 5.53. The number of carbonyl (C=O) groups excluding carboxylic acids is 1. The van der Waals surface area contributed by atoms with Gasteiger partial charge in [0.1, 0.15) is 6.29 Å². The average Bonchev–Trinajstić information content (AvgIpc) is 2.23. The second-order valence-corrected chi connectivity index (χ2v) is 4.77. The molecule has 0 bridgehead atoms. The molecule has 0 amide bonds. The summed E-state index contributed by atoms with van der Waals surface area (Å²) in [6.45, 7) is 6.64. The Labute approximate surface area is 95.6 Å². The molecule has 0 heterocycles. The molecule has 0 aromatic rings. The molecule has 0 radical (unpaired) electrons. The third kappa shape index (κ3) is 7.58. The first-order valence-electron chi connectivity index (χ1n) is 6.71. The van der Waals surface area contributed by atoms with Gasteiger partial charge in [-0.2, -0.15) is 0 Å². The molecule has 0 saturated heterocycles. The number of aldehydes is 1. The molecule has 0 aliphatic rings. The van der Waals surface area contributed by atoms with E-state index in [-0.39, 0.29) is 0 Å². The quantitative estimate of drug-likeness (QED) is 0.382. The molecular formula is C14H28O. The Balaban J connectivity index is 3.56. The summed E-state index contributed by atoms with van der Waals surface area (Å²) >= 11 is 0. The van der Waals surface area contributed by atoms with Gasteiger partial charge in [0, 0.05) is 5.92 Å². The van der Waals surface area contributed by atoms with Crippen molar-refractivity contribution in [1.29, 1.82) is 0 Å². The standard InChI is InChI=1S/C14H28O/c1-4-6-7-8-9-11-14(12-15)13(3)10-5-2/h12-14H,4-11H2,1-3H3. The van der Waals surface area contributed by atoms with Gasteiger partial charge >= 0.3 is 0 Å². The fraction of sp³-hybridized carbons (Fsp3) is 0.929. The molecule has 90 valence electrons. The van der Waals surface area contributed by atoms with Crippen molar-refractivity contribution in [3.63, 3.8) is 0 Å². The molecule has 0 saturated carbocycles. The summed E-state index contributed by atoms with van der Waals surface area (Å²) in [5, 5.41) is 0. The van der Waals surface area contributed by atoms with E-state index in [0.29, 0.717) is 11.8 Å². The molecule has 0 aliphatic heterocycles. The Bertz CT molecular complexity index is 142. The molecule has 0 N–H and O–H groups in total. The summed E-state index contributed by atoms with van der Waals surface area (Å²) in [5.74, 6) is 0.894. The van der Waals surface area contributed by atoms with Crippen LogP contribution < -0.4 is 0 Å². The predicted molar refractivity (Wildman–Crippen MR) is 67.0 cm³/mol. The Morgan fingerprint density at radius 2 is 1.60 bits per heavy atom. The minimum absolute atomic E-state index is 0.312. The van der Waals surface area contributed by atoms with Crippen molar-refractivity contribution >= 4 is 6.29 Å². The third-order valence-electron chi connectivity index (χ3n) is 3.29. The lowest BCUT2D eigenvalue weighted by molar-refractivity contribution is -0.112. The highest BCUT2D eigenvalue weighted by Crippen LogP contribution is 2.21. The minimum atomic E-state index is 0.312. The summed E-state index contributed by atoms with van der Waals surface area (Å²) in [6.07, 6.45) is 11.2. The topological polar surface area (TPSA) is 17.1 Å². The van der Waals surface area contributed by atoms with Crippen LogP contribution in [0.3, 0.4) is 0 Å². The van der Waals surface area contributed by atoms with Gasteiger partial charge in [-0.15, -0.1) is 0 Å². The SMILES string of the molecule is CCCCCCCC(C=O)C(C)CCC. The smallest absolute Gasteiger partial charge is 0.123 e. The predicted octanol–water partition coefficient (Wildman–Crippen LogP) is 4.60. The van der Waals surface area contributed by atoms with Crippen LogP contribution in [0, 0.1) is 11.8 Å². The normalized spacial score (nSPS) is 14.9. The molecule has 15 heavy (non-hydrogen) atoms. The maximum Gasteiger partial charge on any atom is 0.123 e. The van der Waals surface area contributed by atoms with Crippen LogP contribution in [0.4, 0.5) is 0 Å². The highest BCUT2D eigenvalue weighted by Gasteiger charge is 2.14. The lowest BCUT2D eigenvalue weighted by Crippen LogP contribution is -2.13. The first-order valence-corrected chi connectivity index (χ1v) is 6.71. The molecule has 2 unspecified atom stereocenters. The summed E-state index contributed by atoms with van der Waals surface area (Å²) in [5.41, 5.74) is 0. The van der Waals surface area contributed by atoms with Gasteiger partial charge in [0.2, 0.25) is 0 Å². The van der Waals surface area contributed by atoms with Crippen LogP contribution in [-0.2, 0) is 4.79 Å². The zero-order valence-corrected chi connectivity index (χ0v) is 10.8. The van der Waals surface area contributed by atoms with Gasteiger partial charge in [0.15, 0.2) is 0 Å². The number of hydrogen-bond donors (Lipinski definition) is 0. The van der Waals surface area contributed by atoms with Crippen LogP contribution in [-0.4, -0.2) is 6.29 Å². The second-order valence-electron chi connectivity index (χ2n) is 4.77. The van der Waals surface area contributed by atoms with Crippen molar-refractivity contribution in [3.8, 4) is 0 Å². The lowest BCUT2D eigenvalue weighted by atomic mass is 9.87. The zero-order chi connectivity index (χ0) is 11.5. The van der Waals surface area contributed by atoms with Gasteiger partial charge < -0.3 is 4.79 Å². The van der Waals surface area contributed by atoms with Gasteiger partial charge in [-0.1, -0.05) is 65.7 Å². The highest BCUT2D eigenvalue weighted by atomic mass is 16.1. The summed E-state index contributed by atoms with van der Waals surface area (Å²) in [7, 11) is 0. The molecule has 0 aromatic carbocycles. The van der Waals surface area contributed by atoms with Gasteiger partial charge in [-0.25, -0.2) is 0 Å². The fourth-order valence-electron chi connectivity index (χ4n) is 2.14. The molecular weight excluding hydrogens is 184 g/mol. The Morgan fingerprint density at radius 1 is 0.933 bits per heavy atom. The van der Waals surface area contributed by atoms with Crippen LogP contribution in [0.25, 0.3) is 0 Å². The zero-order valence-electron chi connectivity index (χ0n) is 10.8. The lowest BCUT2D eigenvalue weighted by Gasteiger charge is -2.17. The molecule has 0 aliphatic carbocycles. The Hall–Kier alpha value is -0.330. The fourth-order valence-corrected chi connectivity index (χ4v) is 2.14. The van der Waals surface area contributed by atoms with E-state index in [1.54, 1.807) is 0 Å². The van der Waals surface area contributed by atoms with E-state index in [9.17, 15) is 4.79 Å². The van der Waals surface area contributed by atoms with Crippen molar-refractivity contribution in [3.05, 3.63) is 0 Å². The van der Waals surface area contributed by atoms with Crippen molar-refractivity contribution in [1.82, 2.24) is 0 Å². The molecule has 0 rings (SSSR count). The van der Waals surface area contributed by atoms with Gasteiger partial charge in [0.05, 0.1) is 0 Å². The summed E-state index contributed by atoms with van der Waals surface area (Å²) in [6, 6.07) is 0.